The molecule has 2 rings (SSSR count). The zero-order chi connectivity index (χ0) is 10.9. The van der Waals surface area contributed by atoms with Crippen molar-refractivity contribution in [2.24, 2.45) is 0 Å². The van der Waals surface area contributed by atoms with Crippen LogP contribution in [0.1, 0.15) is 36.0 Å². The van der Waals surface area contributed by atoms with Crippen molar-refractivity contribution in [2.75, 3.05) is 0 Å². The van der Waals surface area contributed by atoms with E-state index in [4.69, 9.17) is 0 Å². The summed E-state index contributed by atoms with van der Waals surface area (Å²) in [5, 5.41) is 0. The molecule has 1 aromatic carbocycles. The summed E-state index contributed by atoms with van der Waals surface area (Å²) in [4.78, 5) is 12.1. The summed E-state index contributed by atoms with van der Waals surface area (Å²) in [7, 11) is 0. The van der Waals surface area contributed by atoms with E-state index in [1.54, 1.807) is 18.2 Å². The molecule has 0 heterocycles. The first-order valence-corrected chi connectivity index (χ1v) is 5.91. The van der Waals surface area contributed by atoms with E-state index >= 15 is 0 Å². The molecule has 0 aliphatic heterocycles. The lowest BCUT2D eigenvalue weighted by molar-refractivity contribution is 0.0944. The Labute approximate surface area is 96.8 Å². The van der Waals surface area contributed by atoms with Gasteiger partial charge in [0.2, 0.25) is 0 Å². The molecule has 80 valence electrons. The zero-order valence-corrected chi connectivity index (χ0v) is 9.89. The van der Waals surface area contributed by atoms with Crippen LogP contribution in [0.3, 0.4) is 0 Å². The largest absolute Gasteiger partial charge is 0.292 e. The van der Waals surface area contributed by atoms with Gasteiger partial charge in [0.15, 0.2) is 5.78 Å². The van der Waals surface area contributed by atoms with Gasteiger partial charge in [-0.05, 0) is 25.0 Å². The van der Waals surface area contributed by atoms with E-state index in [9.17, 15) is 9.18 Å². The van der Waals surface area contributed by atoms with Crippen LogP contribution in [0, 0.1) is 5.82 Å². The molecule has 1 aromatic rings. The lowest BCUT2D eigenvalue weighted by Gasteiger charge is -2.19. The van der Waals surface area contributed by atoms with Gasteiger partial charge in [0.05, 0.1) is 9.89 Å². The van der Waals surface area contributed by atoms with Crippen LogP contribution in [0.15, 0.2) is 24.3 Å². The minimum atomic E-state index is -0.519. The first-order valence-electron chi connectivity index (χ1n) is 5.12. The fourth-order valence-electron chi connectivity index (χ4n) is 2.05. The highest BCUT2D eigenvalue weighted by Gasteiger charge is 2.39. The molecule has 0 bridgehead atoms. The number of rotatable bonds is 2. The molecule has 1 aliphatic rings. The number of hydrogen-bond donors (Lipinski definition) is 0. The normalized spacial score (nSPS) is 19.1. The van der Waals surface area contributed by atoms with Gasteiger partial charge >= 0.3 is 0 Å². The van der Waals surface area contributed by atoms with Crippen molar-refractivity contribution in [1.82, 2.24) is 0 Å². The number of benzene rings is 1. The van der Waals surface area contributed by atoms with E-state index in [-0.39, 0.29) is 11.3 Å². The second-order valence-electron chi connectivity index (χ2n) is 3.98. The topological polar surface area (TPSA) is 17.1 Å². The number of hydrogen-bond acceptors (Lipinski definition) is 1. The van der Waals surface area contributed by atoms with Gasteiger partial charge in [0.25, 0.3) is 0 Å². The van der Waals surface area contributed by atoms with Crippen molar-refractivity contribution in [3.8, 4) is 0 Å². The molecule has 1 nitrogen and oxygen atoms in total. The molecule has 3 heteroatoms. The number of halogens is 2. The molecule has 0 amide bonds. The van der Waals surface area contributed by atoms with Crippen LogP contribution in [0.4, 0.5) is 4.39 Å². The molecule has 1 saturated carbocycles. The van der Waals surface area contributed by atoms with Gasteiger partial charge in [0.1, 0.15) is 5.82 Å². The monoisotopic (exact) mass is 270 g/mol. The van der Waals surface area contributed by atoms with E-state index in [0.717, 1.165) is 25.7 Å². The van der Waals surface area contributed by atoms with Gasteiger partial charge in [-0.1, -0.05) is 40.9 Å². The molecule has 0 N–H and O–H groups in total. The zero-order valence-electron chi connectivity index (χ0n) is 8.30. The van der Waals surface area contributed by atoms with E-state index in [2.05, 4.69) is 15.9 Å². The van der Waals surface area contributed by atoms with Crippen molar-refractivity contribution in [1.29, 1.82) is 0 Å². The number of carbonyl (C=O) groups is 1. The lowest BCUT2D eigenvalue weighted by Crippen LogP contribution is -2.29. The highest BCUT2D eigenvalue weighted by molar-refractivity contribution is 9.10. The quantitative estimate of drug-likeness (QED) is 0.592. The molecule has 0 atom stereocenters. The van der Waals surface area contributed by atoms with Gasteiger partial charge in [-0.3, -0.25) is 4.79 Å². The Balaban J connectivity index is 2.32. The maximum atomic E-state index is 13.4. The summed E-state index contributed by atoms with van der Waals surface area (Å²) in [6, 6.07) is 6.18. The molecule has 0 unspecified atom stereocenters. The fraction of sp³-hybridized carbons (Fsp3) is 0.417. The summed E-state index contributed by atoms with van der Waals surface area (Å²) in [5.74, 6) is -0.536. The Kier molecular flexibility index (Phi) is 2.91. The Morgan fingerprint density at radius 1 is 1.27 bits per heavy atom. The van der Waals surface area contributed by atoms with E-state index in [1.807, 2.05) is 0 Å². The van der Waals surface area contributed by atoms with E-state index < -0.39 is 10.1 Å². The van der Waals surface area contributed by atoms with Gasteiger partial charge in [0, 0.05) is 0 Å². The van der Waals surface area contributed by atoms with E-state index in [1.165, 1.54) is 6.07 Å². The van der Waals surface area contributed by atoms with Crippen molar-refractivity contribution >= 4 is 21.7 Å². The summed E-state index contributed by atoms with van der Waals surface area (Å²) >= 11 is 3.47. The summed E-state index contributed by atoms with van der Waals surface area (Å²) in [6.45, 7) is 0. The summed E-state index contributed by atoms with van der Waals surface area (Å²) in [6.07, 6.45) is 3.68. The highest BCUT2D eigenvalue weighted by Crippen LogP contribution is 2.40. The molecule has 1 fully saturated rings. The molecular weight excluding hydrogens is 259 g/mol. The molecule has 15 heavy (non-hydrogen) atoms. The van der Waals surface area contributed by atoms with Crippen LogP contribution < -0.4 is 0 Å². The van der Waals surface area contributed by atoms with Crippen LogP contribution in [0.2, 0.25) is 0 Å². The van der Waals surface area contributed by atoms with Crippen LogP contribution in [-0.2, 0) is 0 Å². The minimum absolute atomic E-state index is 0.113. The maximum absolute atomic E-state index is 13.4. The van der Waals surface area contributed by atoms with Gasteiger partial charge in [-0.15, -0.1) is 0 Å². The number of alkyl halides is 1. The van der Waals surface area contributed by atoms with Crippen LogP contribution >= 0.6 is 15.9 Å². The summed E-state index contributed by atoms with van der Waals surface area (Å²) < 4.78 is 12.9. The predicted molar refractivity (Wildman–Crippen MR) is 60.9 cm³/mol. The Morgan fingerprint density at radius 2 is 1.87 bits per heavy atom. The number of Topliss-reactive ketones (excluding diaryl/α,β-unsaturated/α-hetero) is 1. The van der Waals surface area contributed by atoms with Crippen LogP contribution in [-0.4, -0.2) is 10.1 Å². The molecule has 0 radical (unpaired) electrons. The molecule has 0 spiro atoms. The number of ketones is 1. The van der Waals surface area contributed by atoms with E-state index in [0.29, 0.717) is 0 Å². The molecule has 0 aromatic heterocycles. The van der Waals surface area contributed by atoms with Gasteiger partial charge in [-0.2, -0.15) is 0 Å². The third kappa shape index (κ3) is 1.98. The Bertz CT molecular complexity index is 383. The first-order chi connectivity index (χ1) is 7.13. The summed E-state index contributed by atoms with van der Waals surface area (Å²) in [5.41, 5.74) is 0.205. The average molecular weight is 271 g/mol. The predicted octanol–water partition coefficient (Wildman–Crippen LogP) is 3.72. The third-order valence-electron chi connectivity index (χ3n) is 2.92. The van der Waals surface area contributed by atoms with Crippen LogP contribution in [0.25, 0.3) is 0 Å². The molecular formula is C12H12BrFO. The van der Waals surface area contributed by atoms with Crippen molar-refractivity contribution in [2.45, 2.75) is 30.0 Å². The average Bonchev–Trinajstić information content (AvgIpc) is 2.66. The van der Waals surface area contributed by atoms with Crippen molar-refractivity contribution in [3.63, 3.8) is 0 Å². The van der Waals surface area contributed by atoms with Gasteiger partial charge < -0.3 is 0 Å². The van der Waals surface area contributed by atoms with Crippen molar-refractivity contribution in [3.05, 3.63) is 35.6 Å². The van der Waals surface area contributed by atoms with Gasteiger partial charge in [-0.25, -0.2) is 4.39 Å². The Morgan fingerprint density at radius 3 is 2.47 bits per heavy atom. The fourth-order valence-corrected chi connectivity index (χ4v) is 2.82. The smallest absolute Gasteiger partial charge is 0.182 e. The Hall–Kier alpha value is -0.700. The maximum Gasteiger partial charge on any atom is 0.182 e. The van der Waals surface area contributed by atoms with Crippen LogP contribution in [0.5, 0.6) is 0 Å². The second-order valence-corrected chi connectivity index (χ2v) is 5.50. The molecule has 0 saturated heterocycles. The SMILES string of the molecule is O=C(c1ccccc1F)C1(Br)CCCC1. The van der Waals surface area contributed by atoms with Crippen molar-refractivity contribution < 1.29 is 9.18 Å². The second kappa shape index (κ2) is 4.05. The highest BCUT2D eigenvalue weighted by atomic mass is 79.9. The standard InChI is InChI=1S/C12H12BrFO/c13-12(7-3-4-8-12)11(15)9-5-1-2-6-10(9)14/h1-2,5-6H,3-4,7-8H2. The molecule has 1 aliphatic carbocycles. The minimum Gasteiger partial charge on any atom is -0.292 e. The third-order valence-corrected chi connectivity index (χ3v) is 4.07. The number of carbonyl (C=O) groups excluding carboxylic acids is 1. The lowest BCUT2D eigenvalue weighted by atomic mass is 9.96. The first kappa shape index (κ1) is 10.8.